The van der Waals surface area contributed by atoms with Gasteiger partial charge in [-0.2, -0.15) is 0 Å². The van der Waals surface area contributed by atoms with E-state index in [-0.39, 0.29) is 12.5 Å². The van der Waals surface area contributed by atoms with Crippen molar-refractivity contribution < 1.29 is 14.3 Å². The lowest BCUT2D eigenvalue weighted by atomic mass is 10.2. The summed E-state index contributed by atoms with van der Waals surface area (Å²) in [4.78, 5) is 13.6. The number of methoxy groups -OCH3 is 1. The van der Waals surface area contributed by atoms with E-state index in [1.165, 1.54) is 0 Å². The Morgan fingerprint density at radius 3 is 2.62 bits per heavy atom. The predicted octanol–water partition coefficient (Wildman–Crippen LogP) is 0.0226. The number of carbonyl (C=O) groups excluding carboxylic acids is 1. The van der Waals surface area contributed by atoms with Crippen LogP contribution in [0.3, 0.4) is 0 Å². The van der Waals surface area contributed by atoms with E-state index >= 15 is 0 Å². The molecule has 0 spiro atoms. The first-order chi connectivity index (χ1) is 6.33. The van der Waals surface area contributed by atoms with E-state index in [0.29, 0.717) is 25.3 Å². The summed E-state index contributed by atoms with van der Waals surface area (Å²) in [6.45, 7) is 1.60. The second-order valence-corrected chi connectivity index (χ2v) is 3.66. The van der Waals surface area contributed by atoms with Gasteiger partial charge in [0.2, 0.25) is 5.91 Å². The predicted molar refractivity (Wildman–Crippen MR) is 46.4 cm³/mol. The van der Waals surface area contributed by atoms with Gasteiger partial charge in [-0.15, -0.1) is 0 Å². The molecular formula is C9H15NO3. The third-order valence-electron chi connectivity index (χ3n) is 2.80. The van der Waals surface area contributed by atoms with E-state index in [0.717, 1.165) is 12.8 Å². The first-order valence-electron chi connectivity index (χ1n) is 4.70. The Morgan fingerprint density at radius 2 is 2.08 bits per heavy atom. The van der Waals surface area contributed by atoms with Crippen LogP contribution in [0.2, 0.25) is 0 Å². The number of nitrogens with zero attached hydrogens (tertiary/aromatic N) is 1. The number of amides is 1. The summed E-state index contributed by atoms with van der Waals surface area (Å²) in [5.41, 5.74) is 0. The molecule has 4 heteroatoms. The Kier molecular flexibility index (Phi) is 2.51. The van der Waals surface area contributed by atoms with Gasteiger partial charge in [-0.3, -0.25) is 4.79 Å². The third kappa shape index (κ3) is 1.56. The Balaban J connectivity index is 2.02. The van der Waals surface area contributed by atoms with Crippen molar-refractivity contribution in [3.63, 3.8) is 0 Å². The van der Waals surface area contributed by atoms with Crippen molar-refractivity contribution in [2.45, 2.75) is 24.9 Å². The average Bonchev–Trinajstić information content (AvgIpc) is 2.37. The minimum absolute atomic E-state index is 0.110. The van der Waals surface area contributed by atoms with Gasteiger partial charge >= 0.3 is 0 Å². The first-order valence-corrected chi connectivity index (χ1v) is 4.70. The molecule has 2 rings (SSSR count). The third-order valence-corrected chi connectivity index (χ3v) is 2.80. The fourth-order valence-corrected chi connectivity index (χ4v) is 2.23. The standard InChI is InChI=1S/C9H15NO3/c1-12-6-9(11)10-7-2-3-8(10)5-13-4-7/h7-8H,2-6H2,1H3/t7-,8+. The van der Waals surface area contributed by atoms with Crippen molar-refractivity contribution >= 4 is 5.91 Å². The second kappa shape index (κ2) is 3.64. The van der Waals surface area contributed by atoms with Crippen LogP contribution in [0.1, 0.15) is 12.8 Å². The zero-order chi connectivity index (χ0) is 9.26. The van der Waals surface area contributed by atoms with Gasteiger partial charge in [0.1, 0.15) is 6.61 Å². The lowest BCUT2D eigenvalue weighted by Gasteiger charge is -2.34. The Hall–Kier alpha value is -0.610. The maximum Gasteiger partial charge on any atom is 0.249 e. The van der Waals surface area contributed by atoms with Crippen LogP contribution in [0.4, 0.5) is 0 Å². The van der Waals surface area contributed by atoms with Gasteiger partial charge in [-0.05, 0) is 12.8 Å². The van der Waals surface area contributed by atoms with Crippen molar-refractivity contribution in [2.24, 2.45) is 0 Å². The van der Waals surface area contributed by atoms with Gasteiger partial charge in [0, 0.05) is 7.11 Å². The molecule has 0 unspecified atom stereocenters. The van der Waals surface area contributed by atoms with Gasteiger partial charge in [-0.25, -0.2) is 0 Å². The molecule has 13 heavy (non-hydrogen) atoms. The molecule has 0 radical (unpaired) electrons. The smallest absolute Gasteiger partial charge is 0.249 e. The number of fused-ring (bicyclic) bond motifs is 2. The second-order valence-electron chi connectivity index (χ2n) is 3.66. The van der Waals surface area contributed by atoms with Crippen LogP contribution in [-0.2, 0) is 14.3 Å². The van der Waals surface area contributed by atoms with Crippen molar-refractivity contribution in [1.82, 2.24) is 4.90 Å². The highest BCUT2D eigenvalue weighted by Crippen LogP contribution is 2.28. The minimum atomic E-state index is 0.110. The molecule has 2 bridgehead atoms. The van der Waals surface area contributed by atoms with E-state index in [2.05, 4.69) is 0 Å². The lowest BCUT2D eigenvalue weighted by molar-refractivity contribution is -0.144. The van der Waals surface area contributed by atoms with Crippen LogP contribution >= 0.6 is 0 Å². The highest BCUT2D eigenvalue weighted by Gasteiger charge is 2.39. The van der Waals surface area contributed by atoms with Gasteiger partial charge in [0.25, 0.3) is 0 Å². The monoisotopic (exact) mass is 185 g/mol. The molecule has 0 aromatic carbocycles. The SMILES string of the molecule is COCC(=O)N1[C@@H]2CC[C@H]1COC2. The number of rotatable bonds is 2. The molecule has 0 aliphatic carbocycles. The van der Waals surface area contributed by atoms with E-state index in [1.54, 1.807) is 7.11 Å². The van der Waals surface area contributed by atoms with Gasteiger partial charge in [-0.1, -0.05) is 0 Å². The van der Waals surface area contributed by atoms with E-state index in [1.807, 2.05) is 4.90 Å². The molecular weight excluding hydrogens is 170 g/mol. The first kappa shape index (κ1) is 8.97. The molecule has 0 aromatic rings. The van der Waals surface area contributed by atoms with E-state index < -0.39 is 0 Å². The van der Waals surface area contributed by atoms with Gasteiger partial charge in [0.15, 0.2) is 0 Å². The number of hydrogen-bond donors (Lipinski definition) is 0. The van der Waals surface area contributed by atoms with Crippen LogP contribution in [-0.4, -0.2) is 49.8 Å². The molecule has 2 saturated heterocycles. The summed E-state index contributed by atoms with van der Waals surface area (Å²) in [7, 11) is 1.56. The van der Waals surface area contributed by atoms with Gasteiger partial charge < -0.3 is 14.4 Å². The fraction of sp³-hybridized carbons (Fsp3) is 0.889. The molecule has 2 aliphatic rings. The molecule has 4 nitrogen and oxygen atoms in total. The van der Waals surface area contributed by atoms with Crippen LogP contribution in [0.5, 0.6) is 0 Å². The molecule has 1 amide bonds. The minimum Gasteiger partial charge on any atom is -0.377 e. The highest BCUT2D eigenvalue weighted by molar-refractivity contribution is 5.78. The molecule has 0 saturated carbocycles. The Labute approximate surface area is 77.8 Å². The summed E-state index contributed by atoms with van der Waals surface area (Å²) in [6.07, 6.45) is 2.17. The van der Waals surface area contributed by atoms with Crippen LogP contribution in [0, 0.1) is 0 Å². The van der Waals surface area contributed by atoms with Crippen molar-refractivity contribution in [3.05, 3.63) is 0 Å². The zero-order valence-corrected chi connectivity index (χ0v) is 7.86. The summed E-state index contributed by atoms with van der Waals surface area (Å²) in [5.74, 6) is 0.110. The molecule has 2 fully saturated rings. The zero-order valence-electron chi connectivity index (χ0n) is 7.86. The fourth-order valence-electron chi connectivity index (χ4n) is 2.23. The molecule has 2 heterocycles. The van der Waals surface area contributed by atoms with Crippen LogP contribution in [0.25, 0.3) is 0 Å². The van der Waals surface area contributed by atoms with Gasteiger partial charge in [0.05, 0.1) is 25.3 Å². The maximum absolute atomic E-state index is 11.6. The summed E-state index contributed by atoms with van der Waals surface area (Å²) >= 11 is 0. The molecule has 2 atom stereocenters. The molecule has 2 aliphatic heterocycles. The highest BCUT2D eigenvalue weighted by atomic mass is 16.5. The largest absolute Gasteiger partial charge is 0.377 e. The number of morpholine rings is 1. The van der Waals surface area contributed by atoms with Crippen LogP contribution < -0.4 is 0 Å². The van der Waals surface area contributed by atoms with Crippen LogP contribution in [0.15, 0.2) is 0 Å². The van der Waals surface area contributed by atoms with Crippen molar-refractivity contribution in [1.29, 1.82) is 0 Å². The number of carbonyl (C=O) groups is 1. The Morgan fingerprint density at radius 1 is 1.46 bits per heavy atom. The maximum atomic E-state index is 11.6. The Bertz CT molecular complexity index is 191. The molecule has 0 aromatic heterocycles. The van der Waals surface area contributed by atoms with E-state index in [4.69, 9.17) is 9.47 Å². The molecule has 74 valence electrons. The number of ether oxygens (including phenoxy) is 2. The quantitative estimate of drug-likeness (QED) is 0.609. The van der Waals surface area contributed by atoms with Crippen molar-refractivity contribution in [3.8, 4) is 0 Å². The average molecular weight is 185 g/mol. The summed E-state index contributed by atoms with van der Waals surface area (Å²) in [6, 6.07) is 0.614. The normalized spacial score (nSPS) is 32.2. The topological polar surface area (TPSA) is 38.8 Å². The molecule has 0 N–H and O–H groups in total. The summed E-state index contributed by atoms with van der Waals surface area (Å²) < 4.78 is 10.2. The van der Waals surface area contributed by atoms with Crippen molar-refractivity contribution in [2.75, 3.05) is 26.9 Å². The van der Waals surface area contributed by atoms with E-state index in [9.17, 15) is 4.79 Å². The number of hydrogen-bond acceptors (Lipinski definition) is 3. The summed E-state index contributed by atoms with van der Waals surface area (Å²) in [5, 5.41) is 0. The lowest BCUT2D eigenvalue weighted by Crippen LogP contribution is -2.50.